The van der Waals surface area contributed by atoms with Gasteiger partial charge in [-0.1, -0.05) is 30.3 Å². The Bertz CT molecular complexity index is 460. The smallest absolute Gasteiger partial charge is 0.408 e. The Morgan fingerprint density at radius 1 is 1.20 bits per heavy atom. The highest BCUT2D eigenvalue weighted by Gasteiger charge is 2.40. The number of Topliss-reactive ketones (excluding diaryl/α,β-unsaturated/α-hetero) is 1. The molecule has 1 aromatic carbocycles. The van der Waals surface area contributed by atoms with Crippen LogP contribution in [0.25, 0.3) is 0 Å². The second-order valence-electron chi connectivity index (χ2n) is 4.23. The molecule has 4 nitrogen and oxygen atoms in total. The average molecular weight is 289 g/mol. The molecule has 1 atom stereocenters. The number of ketones is 1. The lowest BCUT2D eigenvalue weighted by atomic mass is 10.0. The number of carboxylic acid groups (broad SMARTS) is 1. The molecule has 0 aliphatic carbocycles. The Balaban J connectivity index is 2.49. The Kier molecular flexibility index (Phi) is 5.54. The van der Waals surface area contributed by atoms with Gasteiger partial charge < -0.3 is 10.4 Å². The third kappa shape index (κ3) is 5.29. The van der Waals surface area contributed by atoms with Crippen LogP contribution in [0.5, 0.6) is 0 Å². The van der Waals surface area contributed by atoms with Gasteiger partial charge in [0, 0.05) is 12.0 Å². The zero-order valence-corrected chi connectivity index (χ0v) is 10.5. The predicted molar refractivity (Wildman–Crippen MR) is 65.6 cm³/mol. The van der Waals surface area contributed by atoms with Crippen molar-refractivity contribution in [1.82, 2.24) is 5.32 Å². The maximum atomic E-state index is 12.5. The van der Waals surface area contributed by atoms with E-state index in [0.29, 0.717) is 5.56 Å². The van der Waals surface area contributed by atoms with Crippen LogP contribution in [0.3, 0.4) is 0 Å². The van der Waals surface area contributed by atoms with Crippen LogP contribution in [0.2, 0.25) is 0 Å². The minimum Gasteiger partial charge on any atom is -0.465 e. The molecule has 20 heavy (non-hydrogen) atoms. The molecule has 0 radical (unpaired) electrons. The summed E-state index contributed by atoms with van der Waals surface area (Å²) < 4.78 is 37.6. The highest BCUT2D eigenvalue weighted by atomic mass is 19.4. The van der Waals surface area contributed by atoms with Crippen molar-refractivity contribution in [2.75, 3.05) is 0 Å². The number of amides is 1. The minimum absolute atomic E-state index is 0.0435. The summed E-state index contributed by atoms with van der Waals surface area (Å²) in [6, 6.07) is 6.07. The van der Waals surface area contributed by atoms with Crippen LogP contribution < -0.4 is 5.32 Å². The van der Waals surface area contributed by atoms with E-state index in [1.165, 1.54) is 5.32 Å². The Labute approximate surface area is 113 Å². The topological polar surface area (TPSA) is 66.4 Å². The highest BCUT2D eigenvalue weighted by Crippen LogP contribution is 2.24. The Hall–Kier alpha value is -2.05. The zero-order chi connectivity index (χ0) is 15.2. The first-order valence-electron chi connectivity index (χ1n) is 5.95. The number of carbonyl (C=O) groups is 2. The van der Waals surface area contributed by atoms with Crippen molar-refractivity contribution in [3.8, 4) is 0 Å². The number of rotatable bonds is 6. The molecule has 1 rings (SSSR count). The number of halogens is 3. The standard InChI is InChI=1S/C13H14F3NO3/c14-13(15,16)11(17-12(19)20)8-4-7-10(18)9-5-2-1-3-6-9/h1-3,5-6,11,17H,4,7-8H2,(H,19,20)/t11-/m0/s1. The van der Waals surface area contributed by atoms with Crippen molar-refractivity contribution in [2.24, 2.45) is 0 Å². The zero-order valence-electron chi connectivity index (χ0n) is 10.5. The number of carbonyl (C=O) groups excluding carboxylic acids is 1. The van der Waals surface area contributed by atoms with Gasteiger partial charge in [0.15, 0.2) is 5.78 Å². The lowest BCUT2D eigenvalue weighted by Gasteiger charge is -2.19. The molecule has 0 heterocycles. The summed E-state index contributed by atoms with van der Waals surface area (Å²) in [6.45, 7) is 0. The molecule has 1 amide bonds. The summed E-state index contributed by atoms with van der Waals surface area (Å²) >= 11 is 0. The van der Waals surface area contributed by atoms with Crippen LogP contribution >= 0.6 is 0 Å². The molecular formula is C13H14F3NO3. The number of nitrogens with one attached hydrogen (secondary N) is 1. The monoisotopic (exact) mass is 289 g/mol. The summed E-state index contributed by atoms with van der Waals surface area (Å²) in [5, 5.41) is 9.77. The molecular weight excluding hydrogens is 275 g/mol. The molecule has 0 fully saturated rings. The van der Waals surface area contributed by atoms with Crippen LogP contribution in [-0.4, -0.2) is 29.2 Å². The fraction of sp³-hybridized carbons (Fsp3) is 0.385. The first-order chi connectivity index (χ1) is 9.30. The first kappa shape index (κ1) is 16.0. The van der Waals surface area contributed by atoms with Crippen LogP contribution in [0.4, 0.5) is 18.0 Å². The molecule has 1 aromatic rings. The van der Waals surface area contributed by atoms with Gasteiger partial charge in [0.2, 0.25) is 0 Å². The van der Waals surface area contributed by atoms with Crippen molar-refractivity contribution in [3.63, 3.8) is 0 Å². The Morgan fingerprint density at radius 2 is 1.80 bits per heavy atom. The first-order valence-corrected chi connectivity index (χ1v) is 5.95. The van der Waals surface area contributed by atoms with E-state index < -0.39 is 24.7 Å². The van der Waals surface area contributed by atoms with E-state index in [-0.39, 0.29) is 18.6 Å². The Morgan fingerprint density at radius 3 is 2.30 bits per heavy atom. The molecule has 7 heteroatoms. The molecule has 0 aliphatic rings. The van der Waals surface area contributed by atoms with Gasteiger partial charge in [-0.25, -0.2) is 4.79 Å². The quantitative estimate of drug-likeness (QED) is 0.790. The van der Waals surface area contributed by atoms with Gasteiger partial charge in [0.05, 0.1) is 0 Å². The summed E-state index contributed by atoms with van der Waals surface area (Å²) in [5.74, 6) is -0.262. The van der Waals surface area contributed by atoms with Crippen molar-refractivity contribution in [2.45, 2.75) is 31.5 Å². The average Bonchev–Trinajstić information content (AvgIpc) is 2.37. The normalized spacial score (nSPS) is 12.8. The van der Waals surface area contributed by atoms with Crippen LogP contribution in [0.1, 0.15) is 29.6 Å². The van der Waals surface area contributed by atoms with E-state index in [2.05, 4.69) is 0 Å². The van der Waals surface area contributed by atoms with Crippen molar-refractivity contribution < 1.29 is 27.9 Å². The molecule has 0 aromatic heterocycles. The lowest BCUT2D eigenvalue weighted by molar-refractivity contribution is -0.155. The van der Waals surface area contributed by atoms with Gasteiger partial charge in [-0.05, 0) is 12.8 Å². The van der Waals surface area contributed by atoms with Crippen LogP contribution in [0.15, 0.2) is 30.3 Å². The SMILES string of the molecule is O=C(O)N[C@@H](CCCC(=O)c1ccccc1)C(F)(F)F. The molecule has 0 aliphatic heterocycles. The minimum atomic E-state index is -4.66. The van der Waals surface area contributed by atoms with E-state index in [4.69, 9.17) is 5.11 Å². The number of alkyl halides is 3. The number of benzene rings is 1. The van der Waals surface area contributed by atoms with Gasteiger partial charge in [-0.3, -0.25) is 4.79 Å². The van der Waals surface area contributed by atoms with Crippen LogP contribution in [0, 0.1) is 0 Å². The molecule has 0 unspecified atom stereocenters. The second-order valence-corrected chi connectivity index (χ2v) is 4.23. The van der Waals surface area contributed by atoms with Gasteiger partial charge in [0.1, 0.15) is 6.04 Å². The maximum Gasteiger partial charge on any atom is 0.408 e. The molecule has 0 spiro atoms. The predicted octanol–water partition coefficient (Wildman–Crippen LogP) is 3.24. The van der Waals surface area contributed by atoms with Gasteiger partial charge >= 0.3 is 12.3 Å². The number of hydrogen-bond acceptors (Lipinski definition) is 2. The summed E-state index contributed by atoms with van der Waals surface area (Å²) in [5.41, 5.74) is 0.433. The van der Waals surface area contributed by atoms with Gasteiger partial charge in [-0.2, -0.15) is 13.2 Å². The van der Waals surface area contributed by atoms with E-state index in [0.717, 1.165) is 0 Å². The largest absolute Gasteiger partial charge is 0.465 e. The van der Waals surface area contributed by atoms with Crippen molar-refractivity contribution in [1.29, 1.82) is 0 Å². The molecule has 2 N–H and O–H groups in total. The van der Waals surface area contributed by atoms with Gasteiger partial charge in [-0.15, -0.1) is 0 Å². The van der Waals surface area contributed by atoms with Crippen molar-refractivity contribution >= 4 is 11.9 Å². The molecule has 110 valence electrons. The third-order valence-electron chi connectivity index (χ3n) is 2.69. The molecule has 0 saturated heterocycles. The fourth-order valence-corrected chi connectivity index (χ4v) is 1.70. The molecule has 0 saturated carbocycles. The third-order valence-corrected chi connectivity index (χ3v) is 2.69. The summed E-state index contributed by atoms with van der Waals surface area (Å²) in [7, 11) is 0. The second kappa shape index (κ2) is 6.93. The molecule has 0 bridgehead atoms. The summed E-state index contributed by atoms with van der Waals surface area (Å²) in [6.07, 6.45) is -6.96. The number of hydrogen-bond donors (Lipinski definition) is 2. The van der Waals surface area contributed by atoms with Gasteiger partial charge in [0.25, 0.3) is 0 Å². The van der Waals surface area contributed by atoms with E-state index >= 15 is 0 Å². The lowest BCUT2D eigenvalue weighted by Crippen LogP contribution is -2.44. The summed E-state index contributed by atoms with van der Waals surface area (Å²) in [4.78, 5) is 22.0. The highest BCUT2D eigenvalue weighted by molar-refractivity contribution is 5.95. The van der Waals surface area contributed by atoms with Crippen LogP contribution in [-0.2, 0) is 0 Å². The van der Waals surface area contributed by atoms with E-state index in [1.807, 2.05) is 0 Å². The van der Waals surface area contributed by atoms with E-state index in [9.17, 15) is 22.8 Å². The van der Waals surface area contributed by atoms with E-state index in [1.54, 1.807) is 30.3 Å². The fourth-order valence-electron chi connectivity index (χ4n) is 1.70. The maximum absolute atomic E-state index is 12.5. The van der Waals surface area contributed by atoms with Crippen molar-refractivity contribution in [3.05, 3.63) is 35.9 Å².